The maximum Gasteiger partial charge on any atom is 0.213 e. The van der Waals surface area contributed by atoms with Gasteiger partial charge < -0.3 is 4.43 Å². The number of hydrogen-bond acceptors (Lipinski definition) is 3. The van der Waals surface area contributed by atoms with Gasteiger partial charge in [-0.25, -0.2) is 0 Å². The van der Waals surface area contributed by atoms with Gasteiger partial charge in [-0.2, -0.15) is 0 Å². The molecular weight excluding hydrogens is 282 g/mol. The highest BCUT2D eigenvalue weighted by atomic mass is 28.4. The molecule has 0 aliphatic heterocycles. The lowest BCUT2D eigenvalue weighted by Crippen LogP contribution is -2.42. The molecule has 0 radical (unpaired) electrons. The van der Waals surface area contributed by atoms with Gasteiger partial charge in [0.25, 0.3) is 0 Å². The minimum Gasteiger partial charge on any atom is -0.410 e. The molecule has 0 aliphatic carbocycles. The van der Waals surface area contributed by atoms with Crippen molar-refractivity contribution in [3.8, 4) is 0 Å². The monoisotopic (exact) mass is 309 g/mol. The van der Waals surface area contributed by atoms with Gasteiger partial charge in [0, 0.05) is 18.3 Å². The Kier molecular flexibility index (Phi) is 5.70. The lowest BCUT2D eigenvalue weighted by atomic mass is 10.0. The standard InChI is InChI=1S/C16H27NO3Si/c1-13(17(18)19)12-15(14-10-8-7-9-11-14)20-21(5,6)16(2,3)4/h7-11,13,15H,12H2,1-6H3. The van der Waals surface area contributed by atoms with Crippen molar-refractivity contribution in [2.45, 2.75) is 64.4 Å². The summed E-state index contributed by atoms with van der Waals surface area (Å²) >= 11 is 0. The second kappa shape index (κ2) is 6.71. The van der Waals surface area contributed by atoms with Crippen molar-refractivity contribution in [3.05, 3.63) is 46.0 Å². The second-order valence-electron chi connectivity index (χ2n) is 7.15. The molecule has 0 heterocycles. The molecule has 1 rings (SSSR count). The number of hydrogen-bond donors (Lipinski definition) is 0. The number of nitrogens with zero attached hydrogens (tertiary/aromatic N) is 1. The zero-order valence-electron chi connectivity index (χ0n) is 13.9. The van der Waals surface area contributed by atoms with Crippen molar-refractivity contribution in [2.75, 3.05) is 0 Å². The largest absolute Gasteiger partial charge is 0.410 e. The molecule has 1 aromatic carbocycles. The average molecular weight is 309 g/mol. The van der Waals surface area contributed by atoms with Crippen LogP contribution >= 0.6 is 0 Å². The third-order valence-corrected chi connectivity index (χ3v) is 8.82. The second-order valence-corrected chi connectivity index (χ2v) is 11.9. The number of nitro groups is 1. The van der Waals surface area contributed by atoms with Gasteiger partial charge in [-0.3, -0.25) is 10.1 Å². The van der Waals surface area contributed by atoms with E-state index in [9.17, 15) is 10.1 Å². The smallest absolute Gasteiger partial charge is 0.213 e. The molecule has 0 saturated carbocycles. The quantitative estimate of drug-likeness (QED) is 0.430. The van der Waals surface area contributed by atoms with Crippen LogP contribution in [0.4, 0.5) is 0 Å². The third kappa shape index (κ3) is 4.93. The van der Waals surface area contributed by atoms with Crippen LogP contribution in [-0.4, -0.2) is 19.3 Å². The SMILES string of the molecule is CC(CC(O[Si](C)(C)C(C)(C)C)c1ccccc1)[N+](=O)[O-]. The maximum atomic E-state index is 11.0. The maximum absolute atomic E-state index is 11.0. The summed E-state index contributed by atoms with van der Waals surface area (Å²) in [5.74, 6) is 0. The van der Waals surface area contributed by atoms with Gasteiger partial charge in [-0.15, -0.1) is 0 Å². The van der Waals surface area contributed by atoms with Crippen molar-refractivity contribution in [3.63, 3.8) is 0 Å². The predicted molar refractivity (Wildman–Crippen MR) is 88.5 cm³/mol. The molecule has 0 spiro atoms. The Morgan fingerprint density at radius 1 is 1.24 bits per heavy atom. The highest BCUT2D eigenvalue weighted by Gasteiger charge is 2.40. The van der Waals surface area contributed by atoms with Gasteiger partial charge in [-0.05, 0) is 23.7 Å². The fourth-order valence-corrected chi connectivity index (χ4v) is 3.15. The van der Waals surface area contributed by atoms with E-state index in [0.717, 1.165) is 5.56 Å². The molecule has 4 nitrogen and oxygen atoms in total. The molecule has 2 unspecified atom stereocenters. The van der Waals surface area contributed by atoms with Crippen LogP contribution in [0.5, 0.6) is 0 Å². The summed E-state index contributed by atoms with van der Waals surface area (Å²) in [5, 5.41) is 11.1. The summed E-state index contributed by atoms with van der Waals surface area (Å²) in [7, 11) is -1.97. The molecule has 0 fully saturated rings. The Labute approximate surface area is 128 Å². The van der Waals surface area contributed by atoms with Crippen LogP contribution in [0, 0.1) is 10.1 Å². The first kappa shape index (κ1) is 17.8. The molecule has 1 aromatic rings. The van der Waals surface area contributed by atoms with Crippen molar-refractivity contribution < 1.29 is 9.35 Å². The number of benzene rings is 1. The molecule has 0 N–H and O–H groups in total. The Balaban J connectivity index is 3.01. The predicted octanol–water partition coefficient (Wildman–Crippen LogP) is 4.80. The first-order valence-corrected chi connectivity index (χ1v) is 10.3. The molecule has 21 heavy (non-hydrogen) atoms. The van der Waals surface area contributed by atoms with E-state index >= 15 is 0 Å². The molecular formula is C16H27NO3Si. The molecule has 0 aliphatic rings. The molecule has 0 aromatic heterocycles. The van der Waals surface area contributed by atoms with E-state index in [1.165, 1.54) is 0 Å². The van der Waals surface area contributed by atoms with Crippen molar-refractivity contribution >= 4 is 8.32 Å². The molecule has 0 bridgehead atoms. The number of rotatable bonds is 6. The van der Waals surface area contributed by atoms with Crippen LogP contribution < -0.4 is 0 Å². The van der Waals surface area contributed by atoms with E-state index in [2.05, 4.69) is 33.9 Å². The Morgan fingerprint density at radius 2 is 1.76 bits per heavy atom. The summed E-state index contributed by atoms with van der Waals surface area (Å²) in [6.07, 6.45) is 0.191. The summed E-state index contributed by atoms with van der Waals surface area (Å²) in [4.78, 5) is 10.8. The minimum atomic E-state index is -1.97. The zero-order chi connectivity index (χ0) is 16.3. The van der Waals surface area contributed by atoms with Gasteiger partial charge in [0.2, 0.25) is 6.04 Å². The van der Waals surface area contributed by atoms with E-state index in [-0.39, 0.29) is 16.1 Å². The van der Waals surface area contributed by atoms with E-state index in [0.29, 0.717) is 6.42 Å². The molecule has 0 saturated heterocycles. The van der Waals surface area contributed by atoms with Crippen molar-refractivity contribution in [2.24, 2.45) is 0 Å². The van der Waals surface area contributed by atoms with Crippen LogP contribution in [0.15, 0.2) is 30.3 Å². The van der Waals surface area contributed by atoms with Crippen LogP contribution in [0.3, 0.4) is 0 Å². The van der Waals surface area contributed by atoms with Crippen LogP contribution in [0.25, 0.3) is 0 Å². The fraction of sp³-hybridized carbons (Fsp3) is 0.625. The third-order valence-electron chi connectivity index (χ3n) is 4.33. The Morgan fingerprint density at radius 3 is 2.19 bits per heavy atom. The van der Waals surface area contributed by atoms with E-state index in [1.54, 1.807) is 6.92 Å². The van der Waals surface area contributed by atoms with Crippen LogP contribution in [-0.2, 0) is 4.43 Å². The van der Waals surface area contributed by atoms with Crippen molar-refractivity contribution in [1.29, 1.82) is 0 Å². The molecule has 0 amide bonds. The topological polar surface area (TPSA) is 52.4 Å². The molecule has 2 atom stereocenters. The van der Waals surface area contributed by atoms with E-state index in [1.807, 2.05) is 30.3 Å². The van der Waals surface area contributed by atoms with Crippen molar-refractivity contribution in [1.82, 2.24) is 0 Å². The molecule has 118 valence electrons. The first-order chi connectivity index (χ1) is 9.54. The zero-order valence-corrected chi connectivity index (χ0v) is 14.9. The van der Waals surface area contributed by atoms with Crippen LogP contribution in [0.1, 0.15) is 45.8 Å². The highest BCUT2D eigenvalue weighted by molar-refractivity contribution is 6.74. The lowest BCUT2D eigenvalue weighted by Gasteiger charge is -2.39. The summed E-state index contributed by atoms with van der Waals surface area (Å²) in [6.45, 7) is 12.5. The summed E-state index contributed by atoms with van der Waals surface area (Å²) in [5.41, 5.74) is 1.02. The van der Waals surface area contributed by atoms with Gasteiger partial charge in [0.1, 0.15) is 0 Å². The first-order valence-electron chi connectivity index (χ1n) is 7.41. The Hall–Kier alpha value is -1.20. The van der Waals surface area contributed by atoms with E-state index < -0.39 is 14.4 Å². The normalized spacial score (nSPS) is 15.5. The van der Waals surface area contributed by atoms with E-state index in [4.69, 9.17) is 4.43 Å². The van der Waals surface area contributed by atoms with Gasteiger partial charge in [-0.1, -0.05) is 51.1 Å². The summed E-state index contributed by atoms with van der Waals surface area (Å²) < 4.78 is 6.44. The van der Waals surface area contributed by atoms with Gasteiger partial charge in [0.15, 0.2) is 8.32 Å². The summed E-state index contributed by atoms with van der Waals surface area (Å²) in [6, 6.07) is 9.22. The lowest BCUT2D eigenvalue weighted by molar-refractivity contribution is -0.520. The Bertz CT molecular complexity index is 468. The fourth-order valence-electron chi connectivity index (χ4n) is 1.85. The van der Waals surface area contributed by atoms with Gasteiger partial charge >= 0.3 is 0 Å². The van der Waals surface area contributed by atoms with Gasteiger partial charge in [0.05, 0.1) is 6.10 Å². The highest BCUT2D eigenvalue weighted by Crippen LogP contribution is 2.40. The minimum absolute atomic E-state index is 0.0812. The average Bonchev–Trinajstić information content (AvgIpc) is 2.37. The van der Waals surface area contributed by atoms with Crippen LogP contribution in [0.2, 0.25) is 18.1 Å². The molecule has 5 heteroatoms.